The van der Waals surface area contributed by atoms with Crippen molar-refractivity contribution in [1.82, 2.24) is 5.32 Å². The summed E-state index contributed by atoms with van der Waals surface area (Å²) in [6, 6.07) is 7.48. The van der Waals surface area contributed by atoms with Crippen LogP contribution in [-0.2, 0) is 17.6 Å². The number of rotatable bonds is 7. The Kier molecular flexibility index (Phi) is 5.87. The van der Waals surface area contributed by atoms with Gasteiger partial charge in [0.15, 0.2) is 0 Å². The van der Waals surface area contributed by atoms with E-state index in [0.717, 1.165) is 26.2 Å². The molecule has 0 heterocycles. The van der Waals surface area contributed by atoms with Gasteiger partial charge in [0.1, 0.15) is 0 Å². The lowest BCUT2D eigenvalue weighted by atomic mass is 9.89. The van der Waals surface area contributed by atoms with Gasteiger partial charge in [0, 0.05) is 19.3 Å². The van der Waals surface area contributed by atoms with E-state index in [4.69, 9.17) is 4.74 Å². The molecule has 1 aromatic rings. The smallest absolute Gasteiger partial charge is 0.0477 e. The Morgan fingerprint density at radius 2 is 2.00 bits per heavy atom. The predicted octanol–water partition coefficient (Wildman–Crippen LogP) is 3.64. The zero-order chi connectivity index (χ0) is 13.5. The number of benzene rings is 1. The molecule has 1 unspecified atom stereocenters. The second-order valence-electron chi connectivity index (χ2n) is 5.46. The van der Waals surface area contributed by atoms with E-state index in [1.807, 2.05) is 6.92 Å². The minimum atomic E-state index is 0.439. The molecular weight excluding hydrogens is 234 g/mol. The highest BCUT2D eigenvalue weighted by Gasteiger charge is 2.11. The third-order valence-electron chi connectivity index (χ3n) is 3.99. The zero-order valence-corrected chi connectivity index (χ0v) is 12.4. The Morgan fingerprint density at radius 1 is 1.21 bits per heavy atom. The first-order valence-electron chi connectivity index (χ1n) is 7.74. The number of ether oxygens (including phenoxy) is 1. The van der Waals surface area contributed by atoms with Gasteiger partial charge >= 0.3 is 0 Å². The van der Waals surface area contributed by atoms with E-state index in [2.05, 4.69) is 30.4 Å². The van der Waals surface area contributed by atoms with Crippen LogP contribution in [-0.4, -0.2) is 19.8 Å². The zero-order valence-electron chi connectivity index (χ0n) is 12.4. The van der Waals surface area contributed by atoms with Gasteiger partial charge in [-0.25, -0.2) is 0 Å². The Hall–Kier alpha value is -0.860. The molecule has 0 fully saturated rings. The molecule has 0 radical (unpaired) electrons. The summed E-state index contributed by atoms with van der Waals surface area (Å²) in [6.45, 7) is 7.01. The molecule has 1 aliphatic carbocycles. The van der Waals surface area contributed by atoms with Crippen molar-refractivity contribution in [3.8, 4) is 0 Å². The molecule has 2 nitrogen and oxygen atoms in total. The van der Waals surface area contributed by atoms with E-state index in [9.17, 15) is 0 Å². The lowest BCUT2D eigenvalue weighted by Crippen LogP contribution is -2.21. The Bertz CT molecular complexity index is 389. The van der Waals surface area contributed by atoms with Crippen molar-refractivity contribution in [2.75, 3.05) is 19.8 Å². The SMILES string of the molecule is CCOCCCNC(C)c1ccc2c(c1)CCCC2. The van der Waals surface area contributed by atoms with Gasteiger partial charge in [0.05, 0.1) is 0 Å². The number of nitrogens with one attached hydrogen (secondary N) is 1. The Balaban J connectivity index is 1.83. The lowest BCUT2D eigenvalue weighted by molar-refractivity contribution is 0.144. The summed E-state index contributed by atoms with van der Waals surface area (Å²) in [5.41, 5.74) is 4.57. The molecule has 0 aromatic heterocycles. The molecular formula is C17H27NO. The van der Waals surface area contributed by atoms with Crippen LogP contribution in [0.25, 0.3) is 0 Å². The lowest BCUT2D eigenvalue weighted by Gasteiger charge is -2.20. The normalized spacial score (nSPS) is 16.1. The van der Waals surface area contributed by atoms with E-state index in [-0.39, 0.29) is 0 Å². The first-order valence-corrected chi connectivity index (χ1v) is 7.74. The quantitative estimate of drug-likeness (QED) is 0.757. The summed E-state index contributed by atoms with van der Waals surface area (Å²) < 4.78 is 5.36. The van der Waals surface area contributed by atoms with E-state index in [1.165, 1.54) is 31.2 Å². The van der Waals surface area contributed by atoms with Gasteiger partial charge in [-0.05, 0) is 69.2 Å². The molecule has 106 valence electrons. The maximum absolute atomic E-state index is 5.36. The second kappa shape index (κ2) is 7.66. The first-order chi connectivity index (χ1) is 9.31. The van der Waals surface area contributed by atoms with Crippen LogP contribution in [0.3, 0.4) is 0 Å². The summed E-state index contributed by atoms with van der Waals surface area (Å²) in [6.07, 6.45) is 6.33. The molecule has 19 heavy (non-hydrogen) atoms. The van der Waals surface area contributed by atoms with Gasteiger partial charge < -0.3 is 10.1 Å². The molecule has 0 saturated heterocycles. The van der Waals surface area contributed by atoms with Crippen LogP contribution in [0.15, 0.2) is 18.2 Å². The third-order valence-corrected chi connectivity index (χ3v) is 3.99. The summed E-state index contributed by atoms with van der Waals surface area (Å²) in [5, 5.41) is 3.58. The fraction of sp³-hybridized carbons (Fsp3) is 0.647. The van der Waals surface area contributed by atoms with Crippen LogP contribution >= 0.6 is 0 Å². The molecule has 0 bridgehead atoms. The van der Waals surface area contributed by atoms with Gasteiger partial charge in [-0.3, -0.25) is 0 Å². The molecule has 0 spiro atoms. The largest absolute Gasteiger partial charge is 0.382 e. The number of aryl methyl sites for hydroxylation is 2. The molecule has 0 amide bonds. The summed E-state index contributed by atoms with van der Waals surface area (Å²) in [5.74, 6) is 0. The van der Waals surface area contributed by atoms with Crippen molar-refractivity contribution in [3.05, 3.63) is 34.9 Å². The maximum atomic E-state index is 5.36. The van der Waals surface area contributed by atoms with E-state index < -0.39 is 0 Å². The second-order valence-corrected chi connectivity index (χ2v) is 5.46. The van der Waals surface area contributed by atoms with Gasteiger partial charge in [-0.1, -0.05) is 18.2 Å². The van der Waals surface area contributed by atoms with Crippen molar-refractivity contribution in [2.45, 2.75) is 52.0 Å². The molecule has 0 saturated carbocycles. The molecule has 1 aromatic carbocycles. The average molecular weight is 261 g/mol. The van der Waals surface area contributed by atoms with Crippen LogP contribution in [0.1, 0.15) is 55.8 Å². The van der Waals surface area contributed by atoms with Gasteiger partial charge in [0.25, 0.3) is 0 Å². The monoisotopic (exact) mass is 261 g/mol. The van der Waals surface area contributed by atoms with Gasteiger partial charge in [-0.2, -0.15) is 0 Å². The highest BCUT2D eigenvalue weighted by Crippen LogP contribution is 2.24. The average Bonchev–Trinajstić information content (AvgIpc) is 2.46. The first kappa shape index (κ1) is 14.5. The molecule has 2 rings (SSSR count). The number of hydrogen-bond acceptors (Lipinski definition) is 2. The molecule has 0 aliphatic heterocycles. The van der Waals surface area contributed by atoms with Crippen LogP contribution in [0.5, 0.6) is 0 Å². The Morgan fingerprint density at radius 3 is 2.79 bits per heavy atom. The topological polar surface area (TPSA) is 21.3 Å². The van der Waals surface area contributed by atoms with Crippen LogP contribution in [0.2, 0.25) is 0 Å². The highest BCUT2D eigenvalue weighted by molar-refractivity contribution is 5.35. The predicted molar refractivity (Wildman–Crippen MR) is 80.6 cm³/mol. The summed E-state index contributed by atoms with van der Waals surface area (Å²) in [7, 11) is 0. The van der Waals surface area contributed by atoms with Gasteiger partial charge in [-0.15, -0.1) is 0 Å². The molecule has 1 N–H and O–H groups in total. The molecule has 2 heteroatoms. The van der Waals surface area contributed by atoms with E-state index in [1.54, 1.807) is 11.1 Å². The van der Waals surface area contributed by atoms with Crippen molar-refractivity contribution in [1.29, 1.82) is 0 Å². The number of fused-ring (bicyclic) bond motifs is 1. The van der Waals surface area contributed by atoms with Crippen molar-refractivity contribution in [3.63, 3.8) is 0 Å². The fourth-order valence-corrected chi connectivity index (χ4v) is 2.78. The van der Waals surface area contributed by atoms with Crippen LogP contribution in [0.4, 0.5) is 0 Å². The minimum absolute atomic E-state index is 0.439. The Labute approximate surface area is 117 Å². The third kappa shape index (κ3) is 4.32. The van der Waals surface area contributed by atoms with Gasteiger partial charge in [0.2, 0.25) is 0 Å². The summed E-state index contributed by atoms with van der Waals surface area (Å²) >= 11 is 0. The van der Waals surface area contributed by atoms with Crippen molar-refractivity contribution in [2.24, 2.45) is 0 Å². The maximum Gasteiger partial charge on any atom is 0.0477 e. The van der Waals surface area contributed by atoms with Crippen LogP contribution in [0, 0.1) is 0 Å². The molecule has 1 aliphatic rings. The van der Waals surface area contributed by atoms with E-state index >= 15 is 0 Å². The number of hydrogen-bond donors (Lipinski definition) is 1. The fourth-order valence-electron chi connectivity index (χ4n) is 2.78. The van der Waals surface area contributed by atoms with Crippen LogP contribution < -0.4 is 5.32 Å². The minimum Gasteiger partial charge on any atom is -0.382 e. The standard InChI is InChI=1S/C17H27NO/c1-3-19-12-6-11-18-14(2)16-10-9-15-7-4-5-8-17(15)13-16/h9-10,13-14,18H,3-8,11-12H2,1-2H3. The van der Waals surface area contributed by atoms with E-state index in [0.29, 0.717) is 6.04 Å². The highest BCUT2D eigenvalue weighted by atomic mass is 16.5. The van der Waals surface area contributed by atoms with Crippen molar-refractivity contribution >= 4 is 0 Å². The summed E-state index contributed by atoms with van der Waals surface area (Å²) in [4.78, 5) is 0. The molecule has 1 atom stereocenters. The van der Waals surface area contributed by atoms with Crippen molar-refractivity contribution < 1.29 is 4.74 Å².